The van der Waals surface area contributed by atoms with Gasteiger partial charge in [-0.2, -0.15) is 0 Å². The molecule has 0 bridgehead atoms. The van der Waals surface area contributed by atoms with E-state index in [4.69, 9.17) is 0 Å². The number of nitrogens with zero attached hydrogens (tertiary/aromatic N) is 1. The summed E-state index contributed by atoms with van der Waals surface area (Å²) in [5, 5.41) is 9.00. The van der Waals surface area contributed by atoms with E-state index in [1.54, 1.807) is 0 Å². The Labute approximate surface area is 137 Å². The summed E-state index contributed by atoms with van der Waals surface area (Å²) in [5.41, 5.74) is 0. The molecule has 1 aliphatic rings. The first kappa shape index (κ1) is 16.8. The first-order chi connectivity index (χ1) is 8.88. The molecule has 5 heteroatoms. The molecule has 0 amide bonds. The summed E-state index contributed by atoms with van der Waals surface area (Å²) in [6.07, 6.45) is 6.32. The van der Waals surface area contributed by atoms with Crippen LogP contribution < -0.4 is 10.6 Å². The van der Waals surface area contributed by atoms with Crippen LogP contribution in [0.4, 0.5) is 0 Å². The largest absolute Gasteiger partial charge is 0.357 e. The summed E-state index contributed by atoms with van der Waals surface area (Å²) in [6.45, 7) is 3.91. The molecule has 1 aromatic heterocycles. The summed E-state index contributed by atoms with van der Waals surface area (Å²) in [5.74, 6) is 0.987. The summed E-state index contributed by atoms with van der Waals surface area (Å²) >= 11 is 1.81. The second-order valence-electron chi connectivity index (χ2n) is 4.72. The third kappa shape index (κ3) is 6.12. The van der Waals surface area contributed by atoms with Crippen LogP contribution in [0.2, 0.25) is 0 Å². The van der Waals surface area contributed by atoms with Crippen molar-refractivity contribution in [3.05, 3.63) is 22.4 Å². The number of thiophene rings is 1. The Morgan fingerprint density at radius 3 is 2.84 bits per heavy atom. The molecule has 1 aliphatic carbocycles. The number of aliphatic imine (C=N–C) groups is 1. The van der Waals surface area contributed by atoms with E-state index in [1.165, 1.54) is 30.6 Å². The van der Waals surface area contributed by atoms with Gasteiger partial charge in [0.1, 0.15) is 0 Å². The molecule has 0 spiro atoms. The topological polar surface area (TPSA) is 36.4 Å². The standard InChI is InChI=1S/C14H23N3S.HI/c1-2-15-14(17-12-6-3-4-7-12)16-10-9-13-8-5-11-18-13;/h5,8,11-12H,2-4,6-7,9-10H2,1H3,(H2,15,16,17);1H. The fourth-order valence-corrected chi connectivity index (χ4v) is 3.01. The maximum absolute atomic E-state index is 4.65. The second kappa shape index (κ2) is 9.58. The third-order valence-electron chi connectivity index (χ3n) is 3.25. The van der Waals surface area contributed by atoms with Crippen molar-refractivity contribution >= 4 is 41.3 Å². The quantitative estimate of drug-likeness (QED) is 0.457. The number of guanidine groups is 1. The van der Waals surface area contributed by atoms with Gasteiger partial charge in [-0.1, -0.05) is 18.9 Å². The zero-order chi connectivity index (χ0) is 12.6. The SMILES string of the molecule is CCNC(=NCCc1cccs1)NC1CCCC1.I. The first-order valence-corrected chi connectivity index (χ1v) is 7.83. The van der Waals surface area contributed by atoms with E-state index in [0.29, 0.717) is 6.04 Å². The number of halogens is 1. The van der Waals surface area contributed by atoms with Gasteiger partial charge in [-0.05, 0) is 31.2 Å². The van der Waals surface area contributed by atoms with Crippen LogP contribution in [0.15, 0.2) is 22.5 Å². The minimum absolute atomic E-state index is 0. The number of rotatable bonds is 5. The molecule has 2 rings (SSSR count). The molecule has 108 valence electrons. The average Bonchev–Trinajstić information content (AvgIpc) is 3.02. The lowest BCUT2D eigenvalue weighted by atomic mass is 10.2. The van der Waals surface area contributed by atoms with Crippen LogP contribution in [0.25, 0.3) is 0 Å². The van der Waals surface area contributed by atoms with E-state index in [-0.39, 0.29) is 24.0 Å². The van der Waals surface area contributed by atoms with Gasteiger partial charge in [-0.3, -0.25) is 4.99 Å². The van der Waals surface area contributed by atoms with Gasteiger partial charge in [-0.25, -0.2) is 0 Å². The van der Waals surface area contributed by atoms with Crippen molar-refractivity contribution in [3.63, 3.8) is 0 Å². The number of nitrogens with one attached hydrogen (secondary N) is 2. The van der Waals surface area contributed by atoms with E-state index in [1.807, 2.05) is 11.3 Å². The molecule has 2 N–H and O–H groups in total. The predicted octanol–water partition coefficient (Wildman–Crippen LogP) is 3.41. The molecular formula is C14H24IN3S. The Morgan fingerprint density at radius 2 is 2.21 bits per heavy atom. The zero-order valence-corrected chi connectivity index (χ0v) is 14.7. The van der Waals surface area contributed by atoms with Crippen molar-refractivity contribution in [2.75, 3.05) is 13.1 Å². The summed E-state index contributed by atoms with van der Waals surface area (Å²) in [6, 6.07) is 4.91. The van der Waals surface area contributed by atoms with Gasteiger partial charge < -0.3 is 10.6 Å². The maximum Gasteiger partial charge on any atom is 0.191 e. The summed E-state index contributed by atoms with van der Waals surface area (Å²) in [4.78, 5) is 6.07. The van der Waals surface area contributed by atoms with Gasteiger partial charge in [0, 0.05) is 30.4 Å². The average molecular weight is 393 g/mol. The highest BCUT2D eigenvalue weighted by Gasteiger charge is 2.15. The molecule has 0 saturated heterocycles. The molecule has 1 fully saturated rings. The van der Waals surface area contributed by atoms with E-state index in [2.05, 4.69) is 40.1 Å². The van der Waals surface area contributed by atoms with Crippen LogP contribution in [0.5, 0.6) is 0 Å². The van der Waals surface area contributed by atoms with Gasteiger partial charge in [0.2, 0.25) is 0 Å². The third-order valence-corrected chi connectivity index (χ3v) is 4.18. The van der Waals surface area contributed by atoms with Crippen LogP contribution in [0.1, 0.15) is 37.5 Å². The normalized spacial score (nSPS) is 16.2. The van der Waals surface area contributed by atoms with E-state index < -0.39 is 0 Å². The Morgan fingerprint density at radius 1 is 1.42 bits per heavy atom. The summed E-state index contributed by atoms with van der Waals surface area (Å²) < 4.78 is 0. The van der Waals surface area contributed by atoms with Gasteiger partial charge in [0.15, 0.2) is 5.96 Å². The van der Waals surface area contributed by atoms with Gasteiger partial charge in [0.25, 0.3) is 0 Å². The molecule has 1 aromatic rings. The van der Waals surface area contributed by atoms with E-state index >= 15 is 0 Å². The lowest BCUT2D eigenvalue weighted by molar-refractivity contribution is 0.614. The van der Waals surface area contributed by atoms with Crippen molar-refractivity contribution in [1.29, 1.82) is 0 Å². The molecule has 3 nitrogen and oxygen atoms in total. The van der Waals surface area contributed by atoms with Crippen LogP contribution in [-0.2, 0) is 6.42 Å². The fourth-order valence-electron chi connectivity index (χ4n) is 2.32. The lowest BCUT2D eigenvalue weighted by Gasteiger charge is -2.16. The van der Waals surface area contributed by atoms with Crippen molar-refractivity contribution < 1.29 is 0 Å². The molecule has 0 aromatic carbocycles. The second-order valence-corrected chi connectivity index (χ2v) is 5.75. The van der Waals surface area contributed by atoms with Crippen molar-refractivity contribution in [2.45, 2.75) is 45.1 Å². The Bertz CT molecular complexity index is 359. The highest BCUT2D eigenvalue weighted by atomic mass is 127. The molecule has 0 unspecified atom stereocenters. The van der Waals surface area contributed by atoms with Crippen LogP contribution in [0.3, 0.4) is 0 Å². The minimum Gasteiger partial charge on any atom is -0.357 e. The molecule has 1 heterocycles. The first-order valence-electron chi connectivity index (χ1n) is 6.95. The molecule has 0 atom stereocenters. The minimum atomic E-state index is 0. The lowest BCUT2D eigenvalue weighted by Crippen LogP contribution is -2.42. The molecular weight excluding hydrogens is 369 g/mol. The van der Waals surface area contributed by atoms with Crippen LogP contribution in [0, 0.1) is 0 Å². The van der Waals surface area contributed by atoms with Crippen molar-refractivity contribution in [2.24, 2.45) is 4.99 Å². The molecule has 0 radical (unpaired) electrons. The zero-order valence-electron chi connectivity index (χ0n) is 11.5. The van der Waals surface area contributed by atoms with Crippen LogP contribution >= 0.6 is 35.3 Å². The predicted molar refractivity (Wildman–Crippen MR) is 94.8 cm³/mol. The molecule has 19 heavy (non-hydrogen) atoms. The number of hydrogen-bond acceptors (Lipinski definition) is 2. The van der Waals surface area contributed by atoms with E-state index in [9.17, 15) is 0 Å². The summed E-state index contributed by atoms with van der Waals surface area (Å²) in [7, 11) is 0. The molecule has 0 aliphatic heterocycles. The van der Waals surface area contributed by atoms with Crippen molar-refractivity contribution in [1.82, 2.24) is 10.6 Å². The Balaban J connectivity index is 0.00000180. The Kier molecular flexibility index (Phi) is 8.45. The van der Waals surface area contributed by atoms with Gasteiger partial charge >= 0.3 is 0 Å². The van der Waals surface area contributed by atoms with Crippen molar-refractivity contribution in [3.8, 4) is 0 Å². The highest BCUT2D eigenvalue weighted by Crippen LogP contribution is 2.17. The fraction of sp³-hybridized carbons (Fsp3) is 0.643. The monoisotopic (exact) mass is 393 g/mol. The maximum atomic E-state index is 4.65. The highest BCUT2D eigenvalue weighted by molar-refractivity contribution is 14.0. The number of hydrogen-bond donors (Lipinski definition) is 2. The molecule has 1 saturated carbocycles. The van der Waals surface area contributed by atoms with Gasteiger partial charge in [0.05, 0.1) is 0 Å². The van der Waals surface area contributed by atoms with Crippen LogP contribution in [-0.4, -0.2) is 25.1 Å². The smallest absolute Gasteiger partial charge is 0.191 e. The Hall–Kier alpha value is -0.300. The van der Waals surface area contributed by atoms with E-state index in [0.717, 1.165) is 25.5 Å². The van der Waals surface area contributed by atoms with Gasteiger partial charge in [-0.15, -0.1) is 35.3 Å².